The van der Waals surface area contributed by atoms with E-state index < -0.39 is 0 Å². The van der Waals surface area contributed by atoms with E-state index in [1.165, 1.54) is 24.8 Å². The maximum Gasteiger partial charge on any atom is 0.317 e. The first-order chi connectivity index (χ1) is 9.66. The molecule has 1 aliphatic rings. The summed E-state index contributed by atoms with van der Waals surface area (Å²) in [6.45, 7) is 4.26. The molecule has 0 saturated heterocycles. The molecule has 2 N–H and O–H groups in total. The van der Waals surface area contributed by atoms with Crippen molar-refractivity contribution in [2.24, 2.45) is 0 Å². The fraction of sp³-hybridized carbons (Fsp3) is 0.562. The molecule has 0 spiro atoms. The highest BCUT2D eigenvalue weighted by Crippen LogP contribution is 2.20. The molecule has 0 aromatic heterocycles. The number of aryl methyl sites for hydroxylation is 1. The van der Waals surface area contributed by atoms with Crippen LogP contribution >= 0.6 is 0 Å². The fourth-order valence-electron chi connectivity index (χ4n) is 2.54. The summed E-state index contributed by atoms with van der Waals surface area (Å²) in [5.74, 6) is 0.822. The Hall–Kier alpha value is -1.71. The van der Waals surface area contributed by atoms with Gasteiger partial charge in [0, 0.05) is 6.04 Å². The van der Waals surface area contributed by atoms with Crippen LogP contribution in [-0.4, -0.2) is 18.8 Å². The van der Waals surface area contributed by atoms with E-state index in [9.17, 15) is 4.79 Å². The molecule has 1 aliphatic carbocycles. The first-order valence-electron chi connectivity index (χ1n) is 7.40. The molecule has 0 atom stereocenters. The van der Waals surface area contributed by atoms with Crippen LogP contribution in [-0.2, 0) is 0 Å². The van der Waals surface area contributed by atoms with E-state index >= 15 is 0 Å². The standard InChI is InChI=1S/C16H24N2O2/c1-12-7-6-10-15(13(12)2)20-11-17-16(19)18-14-8-4-3-5-9-14/h6-7,10,14H,3-5,8-9,11H2,1-2H3,(H2,17,18,19). The largest absolute Gasteiger partial charge is 0.473 e. The van der Waals surface area contributed by atoms with Gasteiger partial charge >= 0.3 is 6.03 Å². The Kier molecular flexibility index (Phi) is 5.27. The van der Waals surface area contributed by atoms with Crippen molar-refractivity contribution in [1.82, 2.24) is 10.6 Å². The number of carbonyl (C=O) groups is 1. The van der Waals surface area contributed by atoms with E-state index in [1.54, 1.807) is 0 Å². The SMILES string of the molecule is Cc1cccc(OCNC(=O)NC2CCCCC2)c1C. The molecule has 1 aromatic rings. The van der Waals surface area contributed by atoms with Gasteiger partial charge in [-0.1, -0.05) is 31.4 Å². The first kappa shape index (κ1) is 14.7. The minimum atomic E-state index is -0.137. The second kappa shape index (κ2) is 7.17. The molecule has 0 bridgehead atoms. The Morgan fingerprint density at radius 1 is 1.25 bits per heavy atom. The van der Waals surface area contributed by atoms with Crippen LogP contribution in [0, 0.1) is 13.8 Å². The van der Waals surface area contributed by atoms with Gasteiger partial charge in [0.15, 0.2) is 6.73 Å². The van der Waals surface area contributed by atoms with Crippen molar-refractivity contribution in [3.63, 3.8) is 0 Å². The van der Waals surface area contributed by atoms with Crippen LogP contribution in [0.3, 0.4) is 0 Å². The number of urea groups is 1. The van der Waals surface area contributed by atoms with E-state index in [0.29, 0.717) is 6.04 Å². The second-order valence-corrected chi connectivity index (χ2v) is 5.47. The van der Waals surface area contributed by atoms with Crippen molar-refractivity contribution in [2.75, 3.05) is 6.73 Å². The number of hydrogen-bond acceptors (Lipinski definition) is 2. The van der Waals surface area contributed by atoms with Gasteiger partial charge in [-0.15, -0.1) is 0 Å². The van der Waals surface area contributed by atoms with Gasteiger partial charge in [0.25, 0.3) is 0 Å². The Bertz CT molecular complexity index is 454. The van der Waals surface area contributed by atoms with Crippen molar-refractivity contribution >= 4 is 6.03 Å². The van der Waals surface area contributed by atoms with Crippen molar-refractivity contribution in [3.05, 3.63) is 29.3 Å². The van der Waals surface area contributed by atoms with Gasteiger partial charge in [-0.25, -0.2) is 4.79 Å². The fourth-order valence-corrected chi connectivity index (χ4v) is 2.54. The predicted octanol–water partition coefficient (Wildman–Crippen LogP) is 3.27. The second-order valence-electron chi connectivity index (χ2n) is 5.47. The van der Waals surface area contributed by atoms with E-state index in [4.69, 9.17) is 4.74 Å². The Labute approximate surface area is 120 Å². The van der Waals surface area contributed by atoms with E-state index in [-0.39, 0.29) is 12.8 Å². The summed E-state index contributed by atoms with van der Waals surface area (Å²) in [5.41, 5.74) is 2.30. The maximum absolute atomic E-state index is 11.8. The molecule has 4 heteroatoms. The zero-order valence-corrected chi connectivity index (χ0v) is 12.4. The van der Waals surface area contributed by atoms with Crippen LogP contribution in [0.4, 0.5) is 4.79 Å². The third-order valence-electron chi connectivity index (χ3n) is 3.96. The quantitative estimate of drug-likeness (QED) is 0.829. The number of benzene rings is 1. The Balaban J connectivity index is 1.72. The molecule has 2 rings (SSSR count). The van der Waals surface area contributed by atoms with Gasteiger partial charge < -0.3 is 15.4 Å². The Morgan fingerprint density at radius 2 is 2.00 bits per heavy atom. The normalized spacial score (nSPS) is 15.7. The Morgan fingerprint density at radius 3 is 2.75 bits per heavy atom. The smallest absolute Gasteiger partial charge is 0.317 e. The van der Waals surface area contributed by atoms with E-state index in [2.05, 4.69) is 10.6 Å². The van der Waals surface area contributed by atoms with E-state index in [1.807, 2.05) is 32.0 Å². The summed E-state index contributed by atoms with van der Waals surface area (Å²) in [4.78, 5) is 11.8. The minimum Gasteiger partial charge on any atom is -0.473 e. The average molecular weight is 276 g/mol. The molecule has 20 heavy (non-hydrogen) atoms. The summed E-state index contributed by atoms with van der Waals surface area (Å²) in [7, 11) is 0. The predicted molar refractivity (Wildman–Crippen MR) is 80.0 cm³/mol. The number of amides is 2. The lowest BCUT2D eigenvalue weighted by molar-refractivity contribution is 0.216. The highest BCUT2D eigenvalue weighted by molar-refractivity contribution is 5.74. The third kappa shape index (κ3) is 4.15. The number of nitrogens with one attached hydrogen (secondary N) is 2. The molecular formula is C16H24N2O2. The molecule has 1 saturated carbocycles. The zero-order valence-electron chi connectivity index (χ0n) is 12.4. The van der Waals surface area contributed by atoms with Gasteiger partial charge in [0.1, 0.15) is 5.75 Å². The van der Waals surface area contributed by atoms with Crippen molar-refractivity contribution in [1.29, 1.82) is 0 Å². The summed E-state index contributed by atoms with van der Waals surface area (Å²) < 4.78 is 5.61. The number of rotatable bonds is 4. The molecule has 0 unspecified atom stereocenters. The average Bonchev–Trinajstić information content (AvgIpc) is 2.44. The van der Waals surface area contributed by atoms with Crippen molar-refractivity contribution in [3.8, 4) is 5.75 Å². The van der Waals surface area contributed by atoms with Crippen LogP contribution in [0.5, 0.6) is 5.75 Å². The molecule has 1 aromatic carbocycles. The first-order valence-corrected chi connectivity index (χ1v) is 7.40. The van der Waals surface area contributed by atoms with Gasteiger partial charge in [0.2, 0.25) is 0 Å². The van der Waals surface area contributed by atoms with Crippen LogP contribution in [0.25, 0.3) is 0 Å². The van der Waals surface area contributed by atoms with Crippen molar-refractivity contribution < 1.29 is 9.53 Å². The molecule has 4 nitrogen and oxygen atoms in total. The molecule has 0 aliphatic heterocycles. The van der Waals surface area contributed by atoms with Crippen molar-refractivity contribution in [2.45, 2.75) is 52.0 Å². The lowest BCUT2D eigenvalue weighted by Gasteiger charge is -2.23. The van der Waals surface area contributed by atoms with Gasteiger partial charge in [0.05, 0.1) is 0 Å². The zero-order chi connectivity index (χ0) is 14.4. The van der Waals surface area contributed by atoms with Gasteiger partial charge in [-0.05, 0) is 43.9 Å². The minimum absolute atomic E-state index is 0.137. The van der Waals surface area contributed by atoms with Gasteiger partial charge in [-0.3, -0.25) is 0 Å². The monoisotopic (exact) mass is 276 g/mol. The summed E-state index contributed by atoms with van der Waals surface area (Å²) in [5, 5.41) is 5.75. The molecule has 0 radical (unpaired) electrons. The van der Waals surface area contributed by atoms with E-state index in [0.717, 1.165) is 24.2 Å². The molecular weight excluding hydrogens is 252 g/mol. The lowest BCUT2D eigenvalue weighted by atomic mass is 9.96. The number of carbonyl (C=O) groups excluding carboxylic acids is 1. The lowest BCUT2D eigenvalue weighted by Crippen LogP contribution is -2.44. The molecule has 1 fully saturated rings. The topological polar surface area (TPSA) is 50.4 Å². The number of ether oxygens (including phenoxy) is 1. The maximum atomic E-state index is 11.8. The van der Waals surface area contributed by atoms with Crippen LogP contribution in [0.1, 0.15) is 43.2 Å². The molecule has 110 valence electrons. The molecule has 0 heterocycles. The summed E-state index contributed by atoms with van der Waals surface area (Å²) >= 11 is 0. The van der Waals surface area contributed by atoms with Crippen LogP contribution < -0.4 is 15.4 Å². The third-order valence-corrected chi connectivity index (χ3v) is 3.96. The highest BCUT2D eigenvalue weighted by Gasteiger charge is 2.15. The van der Waals surface area contributed by atoms with Gasteiger partial charge in [-0.2, -0.15) is 0 Å². The van der Waals surface area contributed by atoms with Crippen LogP contribution in [0.15, 0.2) is 18.2 Å². The van der Waals surface area contributed by atoms with Crippen LogP contribution in [0.2, 0.25) is 0 Å². The highest BCUT2D eigenvalue weighted by atomic mass is 16.5. The molecule has 2 amide bonds. The summed E-state index contributed by atoms with van der Waals surface area (Å²) in [6, 6.07) is 6.11. The number of hydrogen-bond donors (Lipinski definition) is 2. The summed E-state index contributed by atoms with van der Waals surface area (Å²) in [6.07, 6.45) is 5.89.